The Kier molecular flexibility index (Phi) is 2.24. The predicted octanol–water partition coefficient (Wildman–Crippen LogP) is 1.83. The van der Waals surface area contributed by atoms with E-state index in [0.29, 0.717) is 12.8 Å². The van der Waals surface area contributed by atoms with Crippen molar-refractivity contribution in [3.05, 3.63) is 35.6 Å². The Labute approximate surface area is 98.2 Å². The number of benzene rings is 1. The van der Waals surface area contributed by atoms with E-state index in [9.17, 15) is 14.0 Å². The van der Waals surface area contributed by atoms with Gasteiger partial charge in [0.1, 0.15) is 5.82 Å². The molecular weight excluding hydrogens is 221 g/mol. The highest BCUT2D eigenvalue weighted by Gasteiger charge is 2.49. The molecule has 0 spiro atoms. The van der Waals surface area contributed by atoms with Crippen molar-refractivity contribution in [3.63, 3.8) is 0 Å². The van der Waals surface area contributed by atoms with Crippen molar-refractivity contribution < 1.29 is 14.0 Å². The predicted molar refractivity (Wildman–Crippen MR) is 58.6 cm³/mol. The molecule has 0 aromatic heterocycles. The van der Waals surface area contributed by atoms with Crippen LogP contribution in [0.2, 0.25) is 0 Å². The minimum atomic E-state index is -0.265. The lowest BCUT2D eigenvalue weighted by Gasteiger charge is -2.13. The molecule has 3 rings (SSSR count). The van der Waals surface area contributed by atoms with E-state index < -0.39 is 0 Å². The molecule has 2 fully saturated rings. The van der Waals surface area contributed by atoms with Gasteiger partial charge in [-0.2, -0.15) is 0 Å². The maximum atomic E-state index is 12.8. The Morgan fingerprint density at radius 2 is 1.65 bits per heavy atom. The first kappa shape index (κ1) is 10.4. The van der Waals surface area contributed by atoms with Crippen molar-refractivity contribution in [1.29, 1.82) is 0 Å². The standard InChI is InChI=1S/C13H12FNO2/c14-9-3-1-8(2-4-9)10-7-11(10)15-12(16)5-6-13(15)17/h1-4,10-11H,5-7H2. The second-order valence-corrected chi connectivity index (χ2v) is 4.62. The molecule has 2 amide bonds. The smallest absolute Gasteiger partial charge is 0.229 e. The van der Waals surface area contributed by atoms with Crippen molar-refractivity contribution in [2.75, 3.05) is 0 Å². The Bertz CT molecular complexity index is 467. The summed E-state index contributed by atoms with van der Waals surface area (Å²) in [6.07, 6.45) is 1.49. The molecule has 88 valence electrons. The third kappa shape index (κ3) is 1.73. The number of likely N-dealkylation sites (tertiary alicyclic amines) is 1. The highest BCUT2D eigenvalue weighted by Crippen LogP contribution is 2.46. The zero-order valence-electron chi connectivity index (χ0n) is 9.23. The van der Waals surface area contributed by atoms with Gasteiger partial charge in [0, 0.05) is 24.8 Å². The average molecular weight is 233 g/mol. The van der Waals surface area contributed by atoms with Gasteiger partial charge in [-0.05, 0) is 24.1 Å². The van der Waals surface area contributed by atoms with E-state index >= 15 is 0 Å². The summed E-state index contributed by atoms with van der Waals surface area (Å²) >= 11 is 0. The fourth-order valence-electron chi connectivity index (χ4n) is 2.50. The molecule has 1 aromatic rings. The maximum Gasteiger partial charge on any atom is 0.229 e. The molecule has 1 heterocycles. The highest BCUT2D eigenvalue weighted by atomic mass is 19.1. The number of carbonyl (C=O) groups excluding carboxylic acids is 2. The van der Waals surface area contributed by atoms with Crippen LogP contribution in [-0.2, 0) is 9.59 Å². The maximum absolute atomic E-state index is 12.8. The number of imide groups is 1. The zero-order chi connectivity index (χ0) is 12.0. The second-order valence-electron chi connectivity index (χ2n) is 4.62. The molecule has 0 radical (unpaired) electrons. The van der Waals surface area contributed by atoms with E-state index in [-0.39, 0.29) is 29.6 Å². The van der Waals surface area contributed by atoms with Crippen molar-refractivity contribution in [1.82, 2.24) is 4.90 Å². The average Bonchev–Trinajstić information content (AvgIpc) is 3.01. The fraction of sp³-hybridized carbons (Fsp3) is 0.385. The monoisotopic (exact) mass is 233 g/mol. The molecule has 4 heteroatoms. The van der Waals surface area contributed by atoms with E-state index in [1.807, 2.05) is 0 Å². The van der Waals surface area contributed by atoms with Gasteiger partial charge in [0.25, 0.3) is 0 Å². The number of nitrogens with zero attached hydrogens (tertiary/aromatic N) is 1. The summed E-state index contributed by atoms with van der Waals surface area (Å²) in [6, 6.07) is 6.29. The molecule has 1 aliphatic heterocycles. The van der Waals surface area contributed by atoms with Crippen LogP contribution < -0.4 is 0 Å². The normalized spacial score (nSPS) is 27.7. The van der Waals surface area contributed by atoms with Gasteiger partial charge in [-0.25, -0.2) is 4.39 Å². The lowest BCUT2D eigenvalue weighted by molar-refractivity contribution is -0.139. The zero-order valence-corrected chi connectivity index (χ0v) is 9.23. The van der Waals surface area contributed by atoms with Crippen LogP contribution in [0.15, 0.2) is 24.3 Å². The molecule has 2 unspecified atom stereocenters. The Balaban J connectivity index is 1.76. The van der Waals surface area contributed by atoms with Gasteiger partial charge in [0.2, 0.25) is 11.8 Å². The third-order valence-electron chi connectivity index (χ3n) is 3.48. The van der Waals surface area contributed by atoms with Crippen molar-refractivity contribution in [2.45, 2.75) is 31.2 Å². The highest BCUT2D eigenvalue weighted by molar-refractivity contribution is 6.02. The summed E-state index contributed by atoms with van der Waals surface area (Å²) in [5.41, 5.74) is 1.00. The number of rotatable bonds is 2. The van der Waals surface area contributed by atoms with Crippen LogP contribution in [0.25, 0.3) is 0 Å². The molecular formula is C13H12FNO2. The fourth-order valence-corrected chi connectivity index (χ4v) is 2.50. The van der Waals surface area contributed by atoms with Crippen LogP contribution in [0.3, 0.4) is 0 Å². The molecule has 0 N–H and O–H groups in total. The number of hydrogen-bond acceptors (Lipinski definition) is 2. The van der Waals surface area contributed by atoms with Crippen molar-refractivity contribution in [2.24, 2.45) is 0 Å². The van der Waals surface area contributed by atoms with Gasteiger partial charge in [0.15, 0.2) is 0 Å². The largest absolute Gasteiger partial charge is 0.279 e. The van der Waals surface area contributed by atoms with Gasteiger partial charge < -0.3 is 0 Å². The number of carbonyl (C=O) groups is 2. The van der Waals surface area contributed by atoms with E-state index in [4.69, 9.17) is 0 Å². The second kappa shape index (κ2) is 3.65. The summed E-state index contributed by atoms with van der Waals surface area (Å²) in [5, 5.41) is 0. The SMILES string of the molecule is O=C1CCC(=O)N1C1CC1c1ccc(F)cc1. The Hall–Kier alpha value is -1.71. The van der Waals surface area contributed by atoms with Crippen molar-refractivity contribution in [3.8, 4) is 0 Å². The van der Waals surface area contributed by atoms with Gasteiger partial charge in [-0.15, -0.1) is 0 Å². The van der Waals surface area contributed by atoms with Crippen LogP contribution in [0, 0.1) is 5.82 Å². The van der Waals surface area contributed by atoms with Gasteiger partial charge in [-0.1, -0.05) is 12.1 Å². The van der Waals surface area contributed by atoms with E-state index in [0.717, 1.165) is 12.0 Å². The Morgan fingerprint density at radius 1 is 1.06 bits per heavy atom. The Morgan fingerprint density at radius 3 is 2.24 bits per heavy atom. The molecule has 2 aliphatic rings. The van der Waals surface area contributed by atoms with E-state index in [1.165, 1.54) is 17.0 Å². The molecule has 1 saturated heterocycles. The summed E-state index contributed by atoms with van der Waals surface area (Å²) in [5.74, 6) is -0.199. The molecule has 1 aromatic carbocycles. The van der Waals surface area contributed by atoms with Gasteiger partial charge in [0.05, 0.1) is 0 Å². The van der Waals surface area contributed by atoms with Gasteiger partial charge in [-0.3, -0.25) is 14.5 Å². The molecule has 0 bridgehead atoms. The molecule has 2 atom stereocenters. The van der Waals surface area contributed by atoms with Crippen LogP contribution in [0.4, 0.5) is 4.39 Å². The van der Waals surface area contributed by atoms with Crippen LogP contribution in [-0.4, -0.2) is 22.8 Å². The minimum absolute atomic E-state index is 0.00274. The van der Waals surface area contributed by atoms with Crippen LogP contribution in [0.5, 0.6) is 0 Å². The van der Waals surface area contributed by atoms with Crippen LogP contribution in [0.1, 0.15) is 30.7 Å². The number of halogens is 1. The van der Waals surface area contributed by atoms with E-state index in [2.05, 4.69) is 0 Å². The number of amides is 2. The number of hydrogen-bond donors (Lipinski definition) is 0. The topological polar surface area (TPSA) is 37.4 Å². The summed E-state index contributed by atoms with van der Waals surface area (Å²) in [7, 11) is 0. The van der Waals surface area contributed by atoms with Crippen molar-refractivity contribution >= 4 is 11.8 Å². The molecule has 17 heavy (non-hydrogen) atoms. The lowest BCUT2D eigenvalue weighted by atomic mass is 10.1. The molecule has 3 nitrogen and oxygen atoms in total. The summed E-state index contributed by atoms with van der Waals surface area (Å²) in [6.45, 7) is 0. The first-order valence-corrected chi connectivity index (χ1v) is 5.77. The third-order valence-corrected chi connectivity index (χ3v) is 3.48. The summed E-state index contributed by atoms with van der Waals surface area (Å²) < 4.78 is 12.8. The van der Waals surface area contributed by atoms with Crippen LogP contribution >= 0.6 is 0 Å². The molecule has 1 saturated carbocycles. The first-order chi connectivity index (χ1) is 8.16. The minimum Gasteiger partial charge on any atom is -0.279 e. The summed E-state index contributed by atoms with van der Waals surface area (Å²) in [4.78, 5) is 24.5. The van der Waals surface area contributed by atoms with Gasteiger partial charge >= 0.3 is 0 Å². The van der Waals surface area contributed by atoms with E-state index in [1.54, 1.807) is 12.1 Å². The lowest BCUT2D eigenvalue weighted by Crippen LogP contribution is -2.32. The quantitative estimate of drug-likeness (QED) is 0.731. The molecule has 1 aliphatic carbocycles. The first-order valence-electron chi connectivity index (χ1n) is 5.77.